The maximum absolute atomic E-state index is 3.41. The Hall–Kier alpha value is -0.510. The number of rotatable bonds is 3. The summed E-state index contributed by atoms with van der Waals surface area (Å²) in [4.78, 5) is 4.10. The highest BCUT2D eigenvalue weighted by molar-refractivity contribution is 8.00. The molecule has 2 heterocycles. The average molecular weight is 262 g/mol. The van der Waals surface area contributed by atoms with Crippen LogP contribution in [-0.4, -0.2) is 42.9 Å². The minimum atomic E-state index is 0.767. The molecule has 18 heavy (non-hydrogen) atoms. The highest BCUT2D eigenvalue weighted by Gasteiger charge is 2.18. The Morgan fingerprint density at radius 3 is 3.00 bits per heavy atom. The van der Waals surface area contributed by atoms with E-state index in [1.54, 1.807) is 5.56 Å². The van der Waals surface area contributed by atoms with Crippen LogP contribution in [0, 0.1) is 0 Å². The lowest BCUT2D eigenvalue weighted by molar-refractivity contribution is 0.244. The van der Waals surface area contributed by atoms with Crippen molar-refractivity contribution in [3.05, 3.63) is 29.3 Å². The summed E-state index contributed by atoms with van der Waals surface area (Å²) in [6.07, 6.45) is 2.44. The molecule has 0 saturated carbocycles. The van der Waals surface area contributed by atoms with Crippen LogP contribution in [0.2, 0.25) is 0 Å². The van der Waals surface area contributed by atoms with Gasteiger partial charge < -0.3 is 10.2 Å². The van der Waals surface area contributed by atoms with Gasteiger partial charge >= 0.3 is 0 Å². The van der Waals surface area contributed by atoms with Crippen LogP contribution in [-0.2, 0) is 12.8 Å². The van der Waals surface area contributed by atoms with Gasteiger partial charge in [0.1, 0.15) is 0 Å². The molecule has 0 spiro atoms. The molecule has 1 unspecified atom stereocenters. The first-order valence-corrected chi connectivity index (χ1v) is 7.91. The maximum Gasteiger partial charge on any atom is 0.0110 e. The topological polar surface area (TPSA) is 15.3 Å². The van der Waals surface area contributed by atoms with E-state index in [4.69, 9.17) is 0 Å². The fourth-order valence-corrected chi connectivity index (χ4v) is 4.04. The van der Waals surface area contributed by atoms with Gasteiger partial charge in [-0.15, -0.1) is 11.8 Å². The third-order valence-corrected chi connectivity index (χ3v) is 5.10. The van der Waals surface area contributed by atoms with E-state index in [2.05, 4.69) is 35.3 Å². The summed E-state index contributed by atoms with van der Waals surface area (Å²) >= 11 is 2.04. The van der Waals surface area contributed by atoms with Crippen molar-refractivity contribution in [3.63, 3.8) is 0 Å². The quantitative estimate of drug-likeness (QED) is 0.899. The zero-order valence-corrected chi connectivity index (χ0v) is 11.9. The number of hydrogen-bond acceptors (Lipinski definition) is 3. The fraction of sp³-hybridized carbons (Fsp3) is 0.600. The molecule has 1 aromatic rings. The molecule has 0 aromatic heterocycles. The van der Waals surface area contributed by atoms with Gasteiger partial charge in [-0.1, -0.05) is 19.1 Å². The number of fused-ring (bicyclic) bond motifs is 1. The van der Waals surface area contributed by atoms with Gasteiger partial charge in [0.05, 0.1) is 0 Å². The first kappa shape index (κ1) is 12.5. The van der Waals surface area contributed by atoms with E-state index in [1.807, 2.05) is 11.8 Å². The average Bonchev–Trinajstić information content (AvgIpc) is 2.77. The number of hydrogen-bond donors (Lipinski definition) is 1. The van der Waals surface area contributed by atoms with E-state index in [1.165, 1.54) is 42.9 Å². The van der Waals surface area contributed by atoms with Crippen LogP contribution < -0.4 is 5.32 Å². The molecule has 1 N–H and O–H groups in total. The minimum absolute atomic E-state index is 0.767. The predicted molar refractivity (Wildman–Crippen MR) is 78.5 cm³/mol. The molecule has 0 amide bonds. The third-order valence-electron chi connectivity index (χ3n) is 3.89. The summed E-state index contributed by atoms with van der Waals surface area (Å²) in [7, 11) is 0. The van der Waals surface area contributed by atoms with E-state index in [0.29, 0.717) is 0 Å². The van der Waals surface area contributed by atoms with E-state index >= 15 is 0 Å². The molecule has 0 bridgehead atoms. The van der Waals surface area contributed by atoms with Crippen LogP contribution in [0.25, 0.3) is 0 Å². The van der Waals surface area contributed by atoms with Crippen molar-refractivity contribution < 1.29 is 0 Å². The molecule has 1 saturated heterocycles. The molecule has 2 aliphatic rings. The molecule has 0 radical (unpaired) electrons. The summed E-state index contributed by atoms with van der Waals surface area (Å²) in [6, 6.07) is 7.10. The van der Waals surface area contributed by atoms with Crippen LogP contribution in [0.3, 0.4) is 0 Å². The summed E-state index contributed by atoms with van der Waals surface area (Å²) in [5.74, 6) is 0. The number of benzene rings is 1. The standard InChI is InChI=1S/C15H22N2S/c1-12-10-14-3-2-13(11-15(14)18-12)4-7-17-8-5-16-6-9-17/h2-3,11-12,16H,4-10H2,1H3. The van der Waals surface area contributed by atoms with Crippen LogP contribution >= 0.6 is 11.8 Å². The van der Waals surface area contributed by atoms with E-state index in [0.717, 1.165) is 18.3 Å². The summed E-state index contributed by atoms with van der Waals surface area (Å²) in [5, 5.41) is 4.17. The number of nitrogens with zero attached hydrogens (tertiary/aromatic N) is 1. The Bertz CT molecular complexity index is 413. The molecule has 2 aliphatic heterocycles. The Kier molecular flexibility index (Phi) is 3.92. The van der Waals surface area contributed by atoms with Gasteiger partial charge in [-0.25, -0.2) is 0 Å². The molecule has 3 heteroatoms. The molecule has 3 rings (SSSR count). The molecular formula is C15H22N2S. The second kappa shape index (κ2) is 5.64. The summed E-state index contributed by atoms with van der Waals surface area (Å²) in [5.41, 5.74) is 3.06. The van der Waals surface area contributed by atoms with Gasteiger partial charge in [-0.3, -0.25) is 0 Å². The number of nitrogens with one attached hydrogen (secondary N) is 1. The van der Waals surface area contributed by atoms with Gasteiger partial charge in [-0.05, 0) is 30.0 Å². The predicted octanol–water partition coefficient (Wildman–Crippen LogP) is 2.17. The van der Waals surface area contributed by atoms with Crippen molar-refractivity contribution in [2.45, 2.75) is 29.9 Å². The number of piperazine rings is 1. The lowest BCUT2D eigenvalue weighted by atomic mass is 10.1. The maximum atomic E-state index is 3.41. The summed E-state index contributed by atoms with van der Waals surface area (Å²) < 4.78 is 0. The van der Waals surface area contributed by atoms with Gasteiger partial charge in [0.15, 0.2) is 0 Å². The molecule has 0 aliphatic carbocycles. The van der Waals surface area contributed by atoms with Crippen LogP contribution in [0.4, 0.5) is 0 Å². The SMILES string of the molecule is CC1Cc2ccc(CCN3CCNCC3)cc2S1. The first-order valence-electron chi connectivity index (χ1n) is 7.03. The number of thioether (sulfide) groups is 1. The minimum Gasteiger partial charge on any atom is -0.314 e. The molecule has 1 aromatic carbocycles. The van der Waals surface area contributed by atoms with Gasteiger partial charge in [0.25, 0.3) is 0 Å². The molecule has 1 atom stereocenters. The lowest BCUT2D eigenvalue weighted by Crippen LogP contribution is -2.44. The van der Waals surface area contributed by atoms with Crippen molar-refractivity contribution >= 4 is 11.8 Å². The van der Waals surface area contributed by atoms with Crippen LogP contribution in [0.15, 0.2) is 23.1 Å². The van der Waals surface area contributed by atoms with Crippen molar-refractivity contribution in [3.8, 4) is 0 Å². The van der Waals surface area contributed by atoms with Crippen molar-refractivity contribution in [2.24, 2.45) is 0 Å². The molecule has 1 fully saturated rings. The van der Waals surface area contributed by atoms with Crippen molar-refractivity contribution in [2.75, 3.05) is 32.7 Å². The van der Waals surface area contributed by atoms with Crippen molar-refractivity contribution in [1.29, 1.82) is 0 Å². The Morgan fingerprint density at radius 1 is 1.33 bits per heavy atom. The normalized spacial score (nSPS) is 24.2. The molecular weight excluding hydrogens is 240 g/mol. The zero-order valence-electron chi connectivity index (χ0n) is 11.1. The van der Waals surface area contributed by atoms with E-state index < -0.39 is 0 Å². The second-order valence-electron chi connectivity index (χ2n) is 5.42. The smallest absolute Gasteiger partial charge is 0.0110 e. The highest BCUT2D eigenvalue weighted by Crippen LogP contribution is 2.37. The lowest BCUT2D eigenvalue weighted by Gasteiger charge is -2.27. The zero-order chi connectivity index (χ0) is 12.4. The summed E-state index contributed by atoms with van der Waals surface area (Å²) in [6.45, 7) is 8.24. The third kappa shape index (κ3) is 2.90. The van der Waals surface area contributed by atoms with E-state index in [9.17, 15) is 0 Å². The monoisotopic (exact) mass is 262 g/mol. The Morgan fingerprint density at radius 2 is 2.17 bits per heavy atom. The molecule has 2 nitrogen and oxygen atoms in total. The molecule has 98 valence electrons. The van der Waals surface area contributed by atoms with Gasteiger partial charge in [0, 0.05) is 42.9 Å². The van der Waals surface area contributed by atoms with E-state index in [-0.39, 0.29) is 0 Å². The van der Waals surface area contributed by atoms with Gasteiger partial charge in [-0.2, -0.15) is 0 Å². The Labute approximate surface area is 114 Å². The largest absolute Gasteiger partial charge is 0.314 e. The second-order valence-corrected chi connectivity index (χ2v) is 6.90. The van der Waals surface area contributed by atoms with Crippen LogP contribution in [0.5, 0.6) is 0 Å². The first-order chi connectivity index (χ1) is 8.81. The van der Waals surface area contributed by atoms with Gasteiger partial charge in [0.2, 0.25) is 0 Å². The Balaban J connectivity index is 1.58. The van der Waals surface area contributed by atoms with Crippen LogP contribution in [0.1, 0.15) is 18.1 Å². The highest BCUT2D eigenvalue weighted by atomic mass is 32.2. The van der Waals surface area contributed by atoms with Crippen molar-refractivity contribution in [1.82, 2.24) is 10.2 Å². The fourth-order valence-electron chi connectivity index (χ4n) is 2.82.